The fraction of sp³-hybridized carbons (Fsp3) is 0. The largest absolute Gasteiger partial charge is 0.460 e. The molecule has 0 atom stereocenters. The SMILES string of the molecule is Nc1ccc(OC#CO)c(N)c1. The molecule has 5 N–H and O–H groups in total. The van der Waals surface area contributed by atoms with E-state index in [1.54, 1.807) is 24.3 Å². The molecule has 0 unspecified atom stereocenters. The van der Waals surface area contributed by atoms with E-state index in [1.807, 2.05) is 6.11 Å². The summed E-state index contributed by atoms with van der Waals surface area (Å²) in [4.78, 5) is 0. The lowest BCUT2D eigenvalue weighted by molar-refractivity contribution is 0.477. The highest BCUT2D eigenvalue weighted by molar-refractivity contribution is 5.60. The van der Waals surface area contributed by atoms with Crippen LogP contribution in [0.25, 0.3) is 0 Å². The Labute approximate surface area is 69.7 Å². The van der Waals surface area contributed by atoms with Crippen LogP contribution in [0.15, 0.2) is 18.2 Å². The molecule has 0 heterocycles. The van der Waals surface area contributed by atoms with E-state index in [0.29, 0.717) is 17.1 Å². The van der Waals surface area contributed by atoms with Gasteiger partial charge in [0.1, 0.15) is 0 Å². The van der Waals surface area contributed by atoms with Crippen LogP contribution >= 0.6 is 0 Å². The molecule has 0 radical (unpaired) electrons. The molecule has 1 aromatic rings. The van der Waals surface area contributed by atoms with Crippen LogP contribution in [0.5, 0.6) is 5.75 Å². The summed E-state index contributed by atoms with van der Waals surface area (Å²) in [6.07, 6.45) is 3.61. The van der Waals surface area contributed by atoms with Crippen LogP contribution in [0.1, 0.15) is 0 Å². The third-order valence-electron chi connectivity index (χ3n) is 1.24. The average molecular weight is 164 g/mol. The minimum absolute atomic E-state index is 0.380. The van der Waals surface area contributed by atoms with E-state index in [2.05, 4.69) is 0 Å². The van der Waals surface area contributed by atoms with Crippen molar-refractivity contribution < 1.29 is 9.84 Å². The fourth-order valence-corrected chi connectivity index (χ4v) is 0.738. The highest BCUT2D eigenvalue weighted by Gasteiger charge is 1.98. The second-order valence-electron chi connectivity index (χ2n) is 2.11. The van der Waals surface area contributed by atoms with Crippen LogP contribution in [0.4, 0.5) is 11.4 Å². The molecule has 0 amide bonds. The molecule has 4 nitrogen and oxygen atoms in total. The van der Waals surface area contributed by atoms with E-state index in [0.717, 1.165) is 0 Å². The summed E-state index contributed by atoms with van der Waals surface area (Å²) in [6.45, 7) is 0. The van der Waals surface area contributed by atoms with Crippen LogP contribution < -0.4 is 16.2 Å². The van der Waals surface area contributed by atoms with Gasteiger partial charge in [-0.25, -0.2) is 0 Å². The van der Waals surface area contributed by atoms with Gasteiger partial charge in [-0.1, -0.05) is 0 Å². The minimum atomic E-state index is 0.380. The zero-order valence-corrected chi connectivity index (χ0v) is 6.24. The number of anilines is 2. The lowest BCUT2D eigenvalue weighted by Gasteiger charge is -2.01. The molecular formula is C8H8N2O2. The van der Waals surface area contributed by atoms with Crippen LogP contribution in [-0.2, 0) is 0 Å². The van der Waals surface area contributed by atoms with E-state index in [9.17, 15) is 0 Å². The van der Waals surface area contributed by atoms with Gasteiger partial charge in [0.15, 0.2) is 18.0 Å². The molecule has 0 spiro atoms. The second kappa shape index (κ2) is 3.39. The van der Waals surface area contributed by atoms with Crippen LogP contribution in [0, 0.1) is 12.2 Å². The normalized spacial score (nSPS) is 8.33. The van der Waals surface area contributed by atoms with E-state index in [-0.39, 0.29) is 0 Å². The maximum absolute atomic E-state index is 8.12. The molecule has 1 aromatic carbocycles. The topological polar surface area (TPSA) is 81.5 Å². The number of ether oxygens (including phenoxy) is 1. The standard InChI is InChI=1S/C8H8N2O2/c9-6-1-2-8(7(10)5-6)12-4-3-11/h1-2,5,11H,9-10H2. The zero-order valence-electron chi connectivity index (χ0n) is 6.24. The molecule has 0 aromatic heterocycles. The Balaban J connectivity index is 2.91. The fourth-order valence-electron chi connectivity index (χ4n) is 0.738. The lowest BCUT2D eigenvalue weighted by atomic mass is 10.2. The van der Waals surface area contributed by atoms with Crippen molar-refractivity contribution in [3.8, 4) is 18.0 Å². The summed E-state index contributed by atoms with van der Waals surface area (Å²) in [5.74, 6) is 0.380. The molecule has 0 aliphatic rings. The Bertz CT molecular complexity index is 339. The first-order valence-electron chi connectivity index (χ1n) is 3.20. The number of benzene rings is 1. The summed E-state index contributed by atoms with van der Waals surface area (Å²) < 4.78 is 4.75. The van der Waals surface area contributed by atoms with E-state index < -0.39 is 0 Å². The van der Waals surface area contributed by atoms with Gasteiger partial charge in [-0.05, 0) is 18.2 Å². The number of hydrogen-bond acceptors (Lipinski definition) is 4. The van der Waals surface area contributed by atoms with Crippen LogP contribution in [-0.4, -0.2) is 5.11 Å². The predicted octanol–water partition coefficient (Wildman–Crippen LogP) is 0.521. The Morgan fingerprint density at radius 3 is 2.67 bits per heavy atom. The van der Waals surface area contributed by atoms with Crippen molar-refractivity contribution in [1.82, 2.24) is 0 Å². The van der Waals surface area contributed by atoms with Gasteiger partial charge in [0, 0.05) is 5.69 Å². The third kappa shape index (κ3) is 1.73. The molecule has 0 aliphatic carbocycles. The summed E-state index contributed by atoms with van der Waals surface area (Å²) in [5.41, 5.74) is 11.9. The number of nitrogen functional groups attached to an aromatic ring is 2. The number of aliphatic hydroxyl groups is 1. The van der Waals surface area contributed by atoms with Crippen molar-refractivity contribution in [2.45, 2.75) is 0 Å². The van der Waals surface area contributed by atoms with Crippen LogP contribution in [0.3, 0.4) is 0 Å². The van der Waals surface area contributed by atoms with Crippen molar-refractivity contribution >= 4 is 11.4 Å². The summed E-state index contributed by atoms with van der Waals surface area (Å²) in [5, 5.41) is 8.12. The van der Waals surface area contributed by atoms with Gasteiger partial charge in [0.2, 0.25) is 0 Å². The van der Waals surface area contributed by atoms with Crippen molar-refractivity contribution in [2.75, 3.05) is 11.5 Å². The van der Waals surface area contributed by atoms with Gasteiger partial charge in [0.05, 0.1) is 5.69 Å². The first-order valence-corrected chi connectivity index (χ1v) is 3.20. The van der Waals surface area contributed by atoms with Crippen molar-refractivity contribution in [3.63, 3.8) is 0 Å². The molecule has 12 heavy (non-hydrogen) atoms. The quantitative estimate of drug-likeness (QED) is 0.417. The monoisotopic (exact) mass is 164 g/mol. The molecule has 4 heteroatoms. The molecule has 0 aliphatic heterocycles. The van der Waals surface area contributed by atoms with Gasteiger partial charge < -0.3 is 21.3 Å². The van der Waals surface area contributed by atoms with E-state index in [4.69, 9.17) is 21.3 Å². The van der Waals surface area contributed by atoms with E-state index in [1.165, 1.54) is 0 Å². The van der Waals surface area contributed by atoms with Crippen molar-refractivity contribution in [3.05, 3.63) is 18.2 Å². The van der Waals surface area contributed by atoms with Crippen molar-refractivity contribution in [2.24, 2.45) is 0 Å². The highest BCUT2D eigenvalue weighted by atomic mass is 16.5. The Morgan fingerprint density at radius 1 is 1.33 bits per heavy atom. The maximum Gasteiger partial charge on any atom is 0.163 e. The average Bonchev–Trinajstić information content (AvgIpc) is 2.03. The Morgan fingerprint density at radius 2 is 2.08 bits per heavy atom. The molecule has 0 saturated carbocycles. The third-order valence-corrected chi connectivity index (χ3v) is 1.24. The number of rotatable bonds is 1. The van der Waals surface area contributed by atoms with Gasteiger partial charge in [0.25, 0.3) is 0 Å². The van der Waals surface area contributed by atoms with E-state index >= 15 is 0 Å². The van der Waals surface area contributed by atoms with Crippen LogP contribution in [0.2, 0.25) is 0 Å². The van der Waals surface area contributed by atoms with Gasteiger partial charge >= 0.3 is 0 Å². The maximum atomic E-state index is 8.12. The number of aliphatic hydroxyl groups excluding tert-OH is 1. The molecule has 0 fully saturated rings. The van der Waals surface area contributed by atoms with Crippen molar-refractivity contribution in [1.29, 1.82) is 0 Å². The molecule has 0 bridgehead atoms. The number of hydrogen-bond donors (Lipinski definition) is 3. The lowest BCUT2D eigenvalue weighted by Crippen LogP contribution is -1.93. The van der Waals surface area contributed by atoms with Gasteiger partial charge in [-0.2, -0.15) is 0 Å². The van der Waals surface area contributed by atoms with Gasteiger partial charge in [-0.15, -0.1) is 0 Å². The molecule has 1 rings (SSSR count). The summed E-state index contributed by atoms with van der Waals surface area (Å²) in [7, 11) is 0. The second-order valence-corrected chi connectivity index (χ2v) is 2.11. The minimum Gasteiger partial charge on any atom is -0.460 e. The molecule has 0 saturated heterocycles. The smallest absolute Gasteiger partial charge is 0.163 e. The first-order chi connectivity index (χ1) is 5.74. The summed E-state index contributed by atoms with van der Waals surface area (Å²) >= 11 is 0. The summed E-state index contributed by atoms with van der Waals surface area (Å²) in [6, 6.07) is 4.76. The number of nitrogens with two attached hydrogens (primary N) is 2. The predicted molar refractivity (Wildman–Crippen MR) is 45.6 cm³/mol. The molecule has 62 valence electrons. The molecular weight excluding hydrogens is 156 g/mol. The van der Waals surface area contributed by atoms with Gasteiger partial charge in [-0.3, -0.25) is 0 Å². The Hall–Kier alpha value is -2.02. The zero-order chi connectivity index (χ0) is 8.97. The first kappa shape index (κ1) is 8.08. The highest BCUT2D eigenvalue weighted by Crippen LogP contribution is 2.22. The Kier molecular flexibility index (Phi) is 2.29.